The molecule has 82 valence electrons. The number of hydrogen-bond donors (Lipinski definition) is 2. The molecule has 0 bridgehead atoms. The van der Waals surface area contributed by atoms with Crippen LogP contribution in [0.1, 0.15) is 11.3 Å². The minimum atomic E-state index is -0.0133. The van der Waals surface area contributed by atoms with E-state index in [0.717, 1.165) is 29.1 Å². The van der Waals surface area contributed by atoms with Gasteiger partial charge in [-0.25, -0.2) is 4.98 Å². The summed E-state index contributed by atoms with van der Waals surface area (Å²) in [5, 5.41) is 5.16. The summed E-state index contributed by atoms with van der Waals surface area (Å²) >= 11 is 1.59. The van der Waals surface area contributed by atoms with E-state index in [9.17, 15) is 4.79 Å². The monoisotopic (exact) mass is 233 g/mol. The molecule has 0 atom stereocenters. The molecule has 5 heteroatoms. The molecular formula is C11H11N3OS. The van der Waals surface area contributed by atoms with E-state index >= 15 is 0 Å². The number of fused-ring (bicyclic) bond motifs is 1. The van der Waals surface area contributed by atoms with E-state index in [0.29, 0.717) is 12.4 Å². The summed E-state index contributed by atoms with van der Waals surface area (Å²) in [7, 11) is 0. The highest BCUT2D eigenvalue weighted by molar-refractivity contribution is 7.13. The fraction of sp³-hybridized carbons (Fsp3) is 0.273. The van der Waals surface area contributed by atoms with Crippen LogP contribution < -0.4 is 10.9 Å². The van der Waals surface area contributed by atoms with Crippen molar-refractivity contribution in [1.29, 1.82) is 0 Å². The van der Waals surface area contributed by atoms with Gasteiger partial charge in [0.15, 0.2) is 5.82 Å². The van der Waals surface area contributed by atoms with Gasteiger partial charge < -0.3 is 10.3 Å². The second kappa shape index (κ2) is 3.84. The van der Waals surface area contributed by atoms with Gasteiger partial charge in [0.25, 0.3) is 5.56 Å². The molecule has 2 N–H and O–H groups in total. The highest BCUT2D eigenvalue weighted by Crippen LogP contribution is 2.21. The predicted molar refractivity (Wildman–Crippen MR) is 63.6 cm³/mol. The van der Waals surface area contributed by atoms with E-state index in [1.165, 1.54) is 0 Å². The van der Waals surface area contributed by atoms with Gasteiger partial charge in [0.2, 0.25) is 0 Å². The number of rotatable bonds is 1. The second-order valence-electron chi connectivity index (χ2n) is 3.74. The predicted octanol–water partition coefficient (Wildman–Crippen LogP) is 1.14. The van der Waals surface area contributed by atoms with Gasteiger partial charge >= 0.3 is 0 Å². The van der Waals surface area contributed by atoms with Gasteiger partial charge in [-0.2, -0.15) is 0 Å². The number of nitrogens with one attached hydrogen (secondary N) is 2. The summed E-state index contributed by atoms with van der Waals surface area (Å²) in [5.41, 5.74) is 1.71. The van der Waals surface area contributed by atoms with Crippen molar-refractivity contribution in [2.75, 3.05) is 6.54 Å². The van der Waals surface area contributed by atoms with Crippen molar-refractivity contribution in [2.45, 2.75) is 13.0 Å². The maximum atomic E-state index is 11.8. The van der Waals surface area contributed by atoms with Crippen LogP contribution in [0, 0.1) is 0 Å². The fourth-order valence-corrected chi connectivity index (χ4v) is 2.55. The van der Waals surface area contributed by atoms with Crippen molar-refractivity contribution in [2.24, 2.45) is 0 Å². The number of aromatic nitrogens is 2. The molecule has 2 aromatic rings. The van der Waals surface area contributed by atoms with Gasteiger partial charge in [-0.05, 0) is 11.4 Å². The molecule has 0 amide bonds. The zero-order valence-electron chi connectivity index (χ0n) is 8.62. The Morgan fingerprint density at radius 2 is 2.38 bits per heavy atom. The van der Waals surface area contributed by atoms with Crippen LogP contribution in [0.5, 0.6) is 0 Å². The molecule has 0 radical (unpaired) electrons. The Balaban J connectivity index is 2.16. The summed E-state index contributed by atoms with van der Waals surface area (Å²) in [5.74, 6) is 0.695. The fourth-order valence-electron chi connectivity index (χ4n) is 1.88. The molecule has 0 spiro atoms. The van der Waals surface area contributed by atoms with Gasteiger partial charge in [0, 0.05) is 19.5 Å². The van der Waals surface area contributed by atoms with Crippen molar-refractivity contribution in [3.05, 3.63) is 39.1 Å². The first-order valence-electron chi connectivity index (χ1n) is 5.21. The Labute approximate surface area is 96.4 Å². The lowest BCUT2D eigenvalue weighted by atomic mass is 10.1. The Morgan fingerprint density at radius 1 is 1.44 bits per heavy atom. The number of hydrogen-bond acceptors (Lipinski definition) is 4. The van der Waals surface area contributed by atoms with Crippen molar-refractivity contribution in [3.63, 3.8) is 0 Å². The second-order valence-corrected chi connectivity index (χ2v) is 4.69. The van der Waals surface area contributed by atoms with E-state index in [1.807, 2.05) is 17.5 Å². The average Bonchev–Trinajstić information content (AvgIpc) is 2.82. The quantitative estimate of drug-likeness (QED) is 0.776. The minimum absolute atomic E-state index is 0.0133. The van der Waals surface area contributed by atoms with Crippen LogP contribution in [0.3, 0.4) is 0 Å². The van der Waals surface area contributed by atoms with Crippen molar-refractivity contribution >= 4 is 11.3 Å². The first-order chi connectivity index (χ1) is 7.84. The summed E-state index contributed by atoms with van der Waals surface area (Å²) in [6, 6.07) is 3.93. The van der Waals surface area contributed by atoms with Crippen LogP contribution in [0.4, 0.5) is 0 Å². The Hall–Kier alpha value is -1.46. The summed E-state index contributed by atoms with van der Waals surface area (Å²) in [6.45, 7) is 1.52. The van der Waals surface area contributed by atoms with Gasteiger partial charge in [0.05, 0.1) is 16.1 Å². The normalized spacial score (nSPS) is 14.8. The van der Waals surface area contributed by atoms with Crippen LogP contribution in [-0.4, -0.2) is 16.5 Å². The molecular weight excluding hydrogens is 222 g/mol. The number of nitrogens with zero attached hydrogens (tertiary/aromatic N) is 1. The molecule has 0 saturated carbocycles. The minimum Gasteiger partial charge on any atom is -0.312 e. The molecule has 0 unspecified atom stereocenters. The topological polar surface area (TPSA) is 57.8 Å². The molecule has 0 fully saturated rings. The zero-order valence-corrected chi connectivity index (χ0v) is 9.43. The highest BCUT2D eigenvalue weighted by atomic mass is 32.1. The molecule has 1 aliphatic heterocycles. The van der Waals surface area contributed by atoms with Gasteiger partial charge in [0.1, 0.15) is 0 Å². The van der Waals surface area contributed by atoms with Gasteiger partial charge in [-0.15, -0.1) is 11.3 Å². The van der Waals surface area contributed by atoms with E-state index in [1.54, 1.807) is 11.3 Å². The summed E-state index contributed by atoms with van der Waals surface area (Å²) in [4.78, 5) is 20.2. The van der Waals surface area contributed by atoms with Crippen molar-refractivity contribution in [1.82, 2.24) is 15.3 Å². The van der Waals surface area contributed by atoms with Crippen LogP contribution in [-0.2, 0) is 13.0 Å². The van der Waals surface area contributed by atoms with Crippen LogP contribution in [0.15, 0.2) is 22.3 Å². The van der Waals surface area contributed by atoms with Crippen LogP contribution in [0.2, 0.25) is 0 Å². The lowest BCUT2D eigenvalue weighted by molar-refractivity contribution is 0.621. The highest BCUT2D eigenvalue weighted by Gasteiger charge is 2.15. The van der Waals surface area contributed by atoms with Gasteiger partial charge in [-0.1, -0.05) is 6.07 Å². The summed E-state index contributed by atoms with van der Waals surface area (Å²) < 4.78 is 0. The van der Waals surface area contributed by atoms with Gasteiger partial charge in [-0.3, -0.25) is 4.79 Å². The molecule has 16 heavy (non-hydrogen) atoms. The average molecular weight is 233 g/mol. The Morgan fingerprint density at radius 3 is 3.19 bits per heavy atom. The van der Waals surface area contributed by atoms with Crippen molar-refractivity contribution < 1.29 is 0 Å². The van der Waals surface area contributed by atoms with Crippen LogP contribution >= 0.6 is 11.3 Å². The maximum Gasteiger partial charge on any atom is 0.255 e. The lowest BCUT2D eigenvalue weighted by Crippen LogP contribution is -2.31. The Kier molecular flexibility index (Phi) is 2.34. The Bertz CT molecular complexity index is 559. The zero-order chi connectivity index (χ0) is 11.0. The molecule has 3 heterocycles. The molecule has 1 aliphatic rings. The van der Waals surface area contributed by atoms with Crippen LogP contribution in [0.25, 0.3) is 10.7 Å². The maximum absolute atomic E-state index is 11.8. The standard InChI is InChI=1S/C11H11N3OS/c15-11-7-6-12-4-3-8(7)13-10(14-11)9-2-1-5-16-9/h1-2,5,12H,3-4,6H2,(H,13,14,15). The molecule has 0 aliphatic carbocycles. The largest absolute Gasteiger partial charge is 0.312 e. The smallest absolute Gasteiger partial charge is 0.255 e. The first kappa shape index (κ1) is 9.74. The molecule has 2 aromatic heterocycles. The first-order valence-corrected chi connectivity index (χ1v) is 6.09. The van der Waals surface area contributed by atoms with Crippen molar-refractivity contribution in [3.8, 4) is 10.7 Å². The third-order valence-electron chi connectivity index (χ3n) is 2.70. The molecule has 0 saturated heterocycles. The lowest BCUT2D eigenvalue weighted by Gasteiger charge is -2.15. The SMILES string of the molecule is O=c1[nH]c(-c2cccs2)nc2c1CNCC2. The summed E-state index contributed by atoms with van der Waals surface area (Å²) in [6.07, 6.45) is 0.831. The number of aromatic amines is 1. The molecule has 4 nitrogen and oxygen atoms in total. The van der Waals surface area contributed by atoms with E-state index in [4.69, 9.17) is 0 Å². The molecule has 3 rings (SSSR count). The van der Waals surface area contributed by atoms with E-state index in [-0.39, 0.29) is 5.56 Å². The third-order valence-corrected chi connectivity index (χ3v) is 3.57. The third kappa shape index (κ3) is 1.58. The molecule has 0 aromatic carbocycles. The van der Waals surface area contributed by atoms with E-state index in [2.05, 4.69) is 15.3 Å². The number of thiophene rings is 1. The number of H-pyrrole nitrogens is 1. The van der Waals surface area contributed by atoms with E-state index < -0.39 is 0 Å².